The number of aromatic nitrogens is 1. The van der Waals surface area contributed by atoms with Crippen LogP contribution in [0.25, 0.3) is 0 Å². The highest BCUT2D eigenvalue weighted by molar-refractivity contribution is 9.10. The van der Waals surface area contributed by atoms with Gasteiger partial charge in [-0.2, -0.15) is 4.98 Å². The van der Waals surface area contributed by atoms with Crippen molar-refractivity contribution in [3.8, 4) is 5.88 Å². The smallest absolute Gasteiger partial charge is 0.239 e. The van der Waals surface area contributed by atoms with Crippen molar-refractivity contribution < 1.29 is 4.74 Å². The minimum Gasteiger partial charge on any atom is -0.476 e. The maximum absolute atomic E-state index is 5.89. The number of halogens is 1. The second kappa shape index (κ2) is 6.01. The van der Waals surface area contributed by atoms with Crippen molar-refractivity contribution in [2.24, 2.45) is 5.92 Å². The van der Waals surface area contributed by atoms with Gasteiger partial charge in [-0.15, -0.1) is 11.3 Å². The molecular weight excluding hydrogens is 338 g/mol. The van der Waals surface area contributed by atoms with E-state index in [0.29, 0.717) is 17.5 Å². The van der Waals surface area contributed by atoms with E-state index in [1.54, 1.807) is 11.3 Å². The Labute approximate surface area is 130 Å². The molecule has 20 heavy (non-hydrogen) atoms. The molecule has 3 rings (SSSR count). The van der Waals surface area contributed by atoms with E-state index in [-0.39, 0.29) is 0 Å². The first-order valence-corrected chi connectivity index (χ1v) is 8.24. The summed E-state index contributed by atoms with van der Waals surface area (Å²) >= 11 is 5.22. The van der Waals surface area contributed by atoms with E-state index in [9.17, 15) is 0 Å². The molecule has 106 valence electrons. The van der Waals surface area contributed by atoms with Gasteiger partial charge in [-0.25, -0.2) is 0 Å². The van der Waals surface area contributed by atoms with Crippen LogP contribution in [0.15, 0.2) is 28.1 Å². The Kier molecular flexibility index (Phi) is 4.12. The number of pyridine rings is 1. The average Bonchev–Trinajstić information content (AvgIpc) is 3.18. The zero-order chi connectivity index (χ0) is 13.9. The summed E-state index contributed by atoms with van der Waals surface area (Å²) in [6, 6.07) is 5.75. The van der Waals surface area contributed by atoms with Crippen molar-refractivity contribution in [1.29, 1.82) is 0 Å². The number of nitrogens with zero attached hydrogens (tertiary/aromatic N) is 1. The number of hydrogen-bond acceptors (Lipinski definition) is 5. The van der Waals surface area contributed by atoms with Crippen LogP contribution in [0.3, 0.4) is 0 Å². The summed E-state index contributed by atoms with van der Waals surface area (Å²) in [5.41, 5.74) is 6.48. The van der Waals surface area contributed by atoms with Gasteiger partial charge in [-0.1, -0.05) is 0 Å². The third-order valence-corrected chi connectivity index (χ3v) is 5.09. The quantitative estimate of drug-likeness (QED) is 0.826. The fourth-order valence-corrected chi connectivity index (χ4v) is 3.20. The van der Waals surface area contributed by atoms with Gasteiger partial charge in [0, 0.05) is 9.35 Å². The lowest BCUT2D eigenvalue weighted by atomic mass is 10.4. The van der Waals surface area contributed by atoms with Gasteiger partial charge in [0.05, 0.1) is 18.8 Å². The Morgan fingerprint density at radius 1 is 1.40 bits per heavy atom. The highest BCUT2D eigenvalue weighted by Gasteiger charge is 2.22. The molecule has 0 saturated heterocycles. The lowest BCUT2D eigenvalue weighted by Gasteiger charge is -2.10. The summed E-state index contributed by atoms with van der Waals surface area (Å²) in [5, 5.41) is 5.35. The zero-order valence-corrected chi connectivity index (χ0v) is 13.3. The normalized spacial score (nSPS) is 14.2. The van der Waals surface area contributed by atoms with Crippen molar-refractivity contribution in [2.75, 3.05) is 17.7 Å². The third kappa shape index (κ3) is 3.43. The van der Waals surface area contributed by atoms with E-state index in [2.05, 4.69) is 31.6 Å². The lowest BCUT2D eigenvalue weighted by Crippen LogP contribution is -2.06. The van der Waals surface area contributed by atoms with Crippen LogP contribution >= 0.6 is 27.3 Å². The van der Waals surface area contributed by atoms with Gasteiger partial charge in [0.15, 0.2) is 0 Å². The predicted molar refractivity (Wildman–Crippen MR) is 86.2 cm³/mol. The molecule has 0 unspecified atom stereocenters. The average molecular weight is 354 g/mol. The van der Waals surface area contributed by atoms with Gasteiger partial charge in [-0.3, -0.25) is 0 Å². The number of rotatable bonds is 6. The third-order valence-electron chi connectivity index (χ3n) is 3.16. The summed E-state index contributed by atoms with van der Waals surface area (Å²) < 4.78 is 6.80. The molecule has 3 N–H and O–H groups in total. The van der Waals surface area contributed by atoms with E-state index >= 15 is 0 Å². The van der Waals surface area contributed by atoms with E-state index in [1.165, 1.54) is 17.7 Å². The number of thiophene rings is 1. The molecule has 0 radical (unpaired) electrons. The molecule has 1 aliphatic rings. The topological polar surface area (TPSA) is 60.2 Å². The molecule has 2 heterocycles. The molecule has 2 aromatic heterocycles. The molecule has 0 spiro atoms. The molecule has 1 saturated carbocycles. The Hall–Kier alpha value is -1.27. The molecule has 0 aliphatic heterocycles. The maximum Gasteiger partial charge on any atom is 0.239 e. The first-order chi connectivity index (χ1) is 9.72. The van der Waals surface area contributed by atoms with Gasteiger partial charge in [-0.05, 0) is 58.3 Å². The van der Waals surface area contributed by atoms with Gasteiger partial charge in [0.1, 0.15) is 5.82 Å². The predicted octanol–water partition coefficient (Wildman–Crippen LogP) is 3.89. The number of anilines is 2. The molecule has 0 bridgehead atoms. The highest BCUT2D eigenvalue weighted by atomic mass is 79.9. The summed E-state index contributed by atoms with van der Waals surface area (Å²) in [7, 11) is 0. The zero-order valence-electron chi connectivity index (χ0n) is 10.9. The molecular formula is C14H16BrN3OS. The highest BCUT2D eigenvalue weighted by Crippen LogP contribution is 2.31. The lowest BCUT2D eigenvalue weighted by molar-refractivity contribution is 0.290. The molecule has 6 heteroatoms. The van der Waals surface area contributed by atoms with Crippen molar-refractivity contribution in [1.82, 2.24) is 4.98 Å². The number of hydrogen-bond donors (Lipinski definition) is 2. The van der Waals surface area contributed by atoms with Crippen LogP contribution in [0.5, 0.6) is 5.88 Å². The maximum atomic E-state index is 5.89. The van der Waals surface area contributed by atoms with E-state index in [4.69, 9.17) is 10.5 Å². The fourth-order valence-electron chi connectivity index (χ4n) is 1.77. The Bertz CT molecular complexity index is 598. The standard InChI is InChI=1S/C14H16BrN3OS/c15-10-5-6-20-12(10)7-17-13-4-3-11(16)14(18-13)19-8-9-1-2-9/h3-6,9H,1-2,7-8,16H2,(H,17,18). The molecule has 4 nitrogen and oxygen atoms in total. The number of nitrogens with one attached hydrogen (secondary N) is 1. The second-order valence-corrected chi connectivity index (χ2v) is 6.75. The minimum absolute atomic E-state index is 0.534. The van der Waals surface area contributed by atoms with Crippen molar-refractivity contribution in [2.45, 2.75) is 19.4 Å². The monoisotopic (exact) mass is 353 g/mol. The van der Waals surface area contributed by atoms with Crippen molar-refractivity contribution in [3.63, 3.8) is 0 Å². The van der Waals surface area contributed by atoms with Crippen LogP contribution in [-0.4, -0.2) is 11.6 Å². The van der Waals surface area contributed by atoms with E-state index in [0.717, 1.165) is 23.4 Å². The van der Waals surface area contributed by atoms with E-state index < -0.39 is 0 Å². The summed E-state index contributed by atoms with van der Waals surface area (Å²) in [6.45, 7) is 1.45. The van der Waals surface area contributed by atoms with Crippen LogP contribution in [0, 0.1) is 5.92 Å². The summed E-state index contributed by atoms with van der Waals surface area (Å²) in [6.07, 6.45) is 2.51. The van der Waals surface area contributed by atoms with Crippen LogP contribution in [0.1, 0.15) is 17.7 Å². The molecule has 0 amide bonds. The Balaban J connectivity index is 1.63. The molecule has 0 aromatic carbocycles. The fraction of sp³-hybridized carbons (Fsp3) is 0.357. The minimum atomic E-state index is 0.534. The van der Waals surface area contributed by atoms with Gasteiger partial charge >= 0.3 is 0 Å². The molecule has 0 atom stereocenters. The SMILES string of the molecule is Nc1ccc(NCc2sccc2Br)nc1OCC1CC1. The summed E-state index contributed by atoms with van der Waals surface area (Å²) in [4.78, 5) is 5.67. The Morgan fingerprint density at radius 3 is 2.95 bits per heavy atom. The Morgan fingerprint density at radius 2 is 2.25 bits per heavy atom. The van der Waals surface area contributed by atoms with Gasteiger partial charge in [0.2, 0.25) is 5.88 Å². The molecule has 2 aromatic rings. The number of nitrogen functional groups attached to an aromatic ring is 1. The molecule has 1 fully saturated rings. The van der Waals surface area contributed by atoms with Gasteiger partial charge < -0.3 is 15.8 Å². The number of ether oxygens (including phenoxy) is 1. The largest absolute Gasteiger partial charge is 0.476 e. The van der Waals surface area contributed by atoms with Crippen molar-refractivity contribution in [3.05, 3.63) is 32.9 Å². The van der Waals surface area contributed by atoms with Crippen LogP contribution in [0.4, 0.5) is 11.5 Å². The van der Waals surface area contributed by atoms with Gasteiger partial charge in [0.25, 0.3) is 0 Å². The second-order valence-electron chi connectivity index (χ2n) is 4.89. The van der Waals surface area contributed by atoms with Crippen LogP contribution in [-0.2, 0) is 6.54 Å². The summed E-state index contributed by atoms with van der Waals surface area (Å²) in [5.74, 6) is 2.01. The van der Waals surface area contributed by atoms with Crippen LogP contribution in [0.2, 0.25) is 0 Å². The van der Waals surface area contributed by atoms with Crippen molar-refractivity contribution >= 4 is 38.8 Å². The first kappa shape index (κ1) is 13.7. The van der Waals surface area contributed by atoms with E-state index in [1.807, 2.05) is 18.2 Å². The molecule has 1 aliphatic carbocycles. The number of nitrogens with two attached hydrogens (primary N) is 1. The first-order valence-electron chi connectivity index (χ1n) is 6.57. The van der Waals surface area contributed by atoms with Crippen LogP contribution < -0.4 is 15.8 Å².